The molecule has 2 heterocycles. The van der Waals surface area contributed by atoms with Gasteiger partial charge in [-0.1, -0.05) is 0 Å². The summed E-state index contributed by atoms with van der Waals surface area (Å²) >= 11 is 2.77. The maximum Gasteiger partial charge on any atom is 0.434 e. The van der Waals surface area contributed by atoms with Crippen molar-refractivity contribution in [1.82, 2.24) is 10.3 Å². The number of hydrogen-bond acceptors (Lipinski definition) is 3. The van der Waals surface area contributed by atoms with Gasteiger partial charge in [-0.2, -0.15) is 13.2 Å². The standard InChI is InChI=1S/C11H10BrF3N2O2/c12-7-1-2-8(17-9(7)11(13,14)15)10(18)16-6-3-4-19-5-6/h1-2,6H,3-5H2,(H,16,18). The zero-order valence-corrected chi connectivity index (χ0v) is 11.2. The van der Waals surface area contributed by atoms with E-state index in [4.69, 9.17) is 4.74 Å². The van der Waals surface area contributed by atoms with Crippen molar-refractivity contribution >= 4 is 21.8 Å². The first-order valence-electron chi connectivity index (χ1n) is 5.50. The van der Waals surface area contributed by atoms with Gasteiger partial charge >= 0.3 is 6.18 Å². The number of carbonyl (C=O) groups is 1. The lowest BCUT2D eigenvalue weighted by Gasteiger charge is -2.12. The van der Waals surface area contributed by atoms with Crippen LogP contribution in [0.5, 0.6) is 0 Å². The Bertz CT molecular complexity index is 487. The number of alkyl halides is 3. The highest BCUT2D eigenvalue weighted by molar-refractivity contribution is 9.10. The monoisotopic (exact) mass is 338 g/mol. The number of nitrogens with one attached hydrogen (secondary N) is 1. The zero-order valence-electron chi connectivity index (χ0n) is 9.63. The molecule has 1 N–H and O–H groups in total. The van der Waals surface area contributed by atoms with Crippen LogP contribution in [0.15, 0.2) is 16.6 Å². The summed E-state index contributed by atoms with van der Waals surface area (Å²) < 4.78 is 42.8. The number of amides is 1. The van der Waals surface area contributed by atoms with Crippen molar-refractivity contribution in [2.75, 3.05) is 13.2 Å². The topological polar surface area (TPSA) is 51.2 Å². The summed E-state index contributed by atoms with van der Waals surface area (Å²) in [5.74, 6) is -0.631. The van der Waals surface area contributed by atoms with E-state index >= 15 is 0 Å². The first-order chi connectivity index (χ1) is 8.88. The van der Waals surface area contributed by atoms with Crippen molar-refractivity contribution in [1.29, 1.82) is 0 Å². The first kappa shape index (κ1) is 14.3. The van der Waals surface area contributed by atoms with Gasteiger partial charge in [0.25, 0.3) is 5.91 Å². The molecule has 0 spiro atoms. The molecule has 4 nitrogen and oxygen atoms in total. The number of aromatic nitrogens is 1. The molecule has 1 amide bonds. The van der Waals surface area contributed by atoms with Gasteiger partial charge in [-0.3, -0.25) is 4.79 Å². The molecule has 104 valence electrons. The van der Waals surface area contributed by atoms with E-state index in [0.29, 0.717) is 19.6 Å². The molecule has 0 aromatic carbocycles. The van der Waals surface area contributed by atoms with E-state index in [9.17, 15) is 18.0 Å². The Morgan fingerprint density at radius 1 is 1.47 bits per heavy atom. The predicted octanol–water partition coefficient (Wildman–Crippen LogP) is 2.38. The Morgan fingerprint density at radius 2 is 2.21 bits per heavy atom. The third-order valence-corrected chi connectivity index (χ3v) is 3.25. The van der Waals surface area contributed by atoms with Gasteiger partial charge in [0, 0.05) is 11.1 Å². The molecule has 8 heteroatoms. The van der Waals surface area contributed by atoms with Crippen LogP contribution >= 0.6 is 15.9 Å². The second-order valence-corrected chi connectivity index (χ2v) is 4.91. The van der Waals surface area contributed by atoms with Crippen molar-refractivity contribution in [3.8, 4) is 0 Å². The van der Waals surface area contributed by atoms with Gasteiger partial charge in [-0.25, -0.2) is 4.98 Å². The molecule has 1 saturated heterocycles. The van der Waals surface area contributed by atoms with Crippen molar-refractivity contribution in [2.45, 2.75) is 18.6 Å². The van der Waals surface area contributed by atoms with E-state index in [0.717, 1.165) is 6.07 Å². The summed E-state index contributed by atoms with van der Waals surface area (Å²) in [6, 6.07) is 2.23. The number of ether oxygens (including phenoxy) is 1. The minimum atomic E-state index is -4.61. The molecule has 1 aromatic heterocycles. The lowest BCUT2D eigenvalue weighted by Crippen LogP contribution is -2.35. The largest absolute Gasteiger partial charge is 0.434 e. The number of nitrogens with zero attached hydrogens (tertiary/aromatic N) is 1. The Labute approximate surface area is 115 Å². The first-order valence-corrected chi connectivity index (χ1v) is 6.29. The van der Waals surface area contributed by atoms with E-state index in [1.165, 1.54) is 6.07 Å². The molecule has 0 radical (unpaired) electrons. The summed E-state index contributed by atoms with van der Waals surface area (Å²) in [6.45, 7) is 0.904. The average Bonchev–Trinajstić information content (AvgIpc) is 2.80. The molecule has 0 saturated carbocycles. The number of hydrogen-bond donors (Lipinski definition) is 1. The molecule has 19 heavy (non-hydrogen) atoms. The van der Waals surface area contributed by atoms with Crippen LogP contribution in [0.1, 0.15) is 22.6 Å². The molecule has 1 aliphatic heterocycles. The van der Waals surface area contributed by atoms with Gasteiger partial charge in [0.15, 0.2) is 5.69 Å². The van der Waals surface area contributed by atoms with Gasteiger partial charge in [0.1, 0.15) is 5.69 Å². The zero-order chi connectivity index (χ0) is 14.0. The summed E-state index contributed by atoms with van der Waals surface area (Å²) in [7, 11) is 0. The Kier molecular flexibility index (Phi) is 4.10. The minimum absolute atomic E-state index is 0.174. The second kappa shape index (κ2) is 5.46. The van der Waals surface area contributed by atoms with Crippen molar-refractivity contribution in [2.24, 2.45) is 0 Å². The highest BCUT2D eigenvalue weighted by atomic mass is 79.9. The van der Waals surface area contributed by atoms with Crippen LogP contribution in [-0.4, -0.2) is 30.1 Å². The molecule has 0 bridgehead atoms. The lowest BCUT2D eigenvalue weighted by atomic mass is 10.2. The van der Waals surface area contributed by atoms with E-state index in [1.807, 2.05) is 0 Å². The van der Waals surface area contributed by atoms with Crippen LogP contribution in [0.25, 0.3) is 0 Å². The second-order valence-electron chi connectivity index (χ2n) is 4.06. The molecule has 1 fully saturated rings. The predicted molar refractivity (Wildman–Crippen MR) is 63.6 cm³/mol. The molecule has 0 aliphatic carbocycles. The van der Waals surface area contributed by atoms with E-state index in [2.05, 4.69) is 26.2 Å². The van der Waals surface area contributed by atoms with Crippen molar-refractivity contribution in [3.63, 3.8) is 0 Å². The van der Waals surface area contributed by atoms with Gasteiger partial charge in [-0.05, 0) is 34.5 Å². The number of halogens is 4. The van der Waals surface area contributed by atoms with Crippen LogP contribution in [0.3, 0.4) is 0 Å². The number of carbonyl (C=O) groups excluding carboxylic acids is 1. The third-order valence-electron chi connectivity index (χ3n) is 2.61. The quantitative estimate of drug-likeness (QED) is 0.900. The number of rotatable bonds is 2. The fourth-order valence-electron chi connectivity index (χ4n) is 1.68. The fraction of sp³-hybridized carbons (Fsp3) is 0.455. The van der Waals surface area contributed by atoms with Gasteiger partial charge < -0.3 is 10.1 Å². The summed E-state index contributed by atoms with van der Waals surface area (Å²) in [6.07, 6.45) is -3.96. The summed E-state index contributed by atoms with van der Waals surface area (Å²) in [5.41, 5.74) is -1.37. The van der Waals surface area contributed by atoms with Crippen LogP contribution < -0.4 is 5.32 Å². The van der Waals surface area contributed by atoms with Crippen LogP contribution in [0.4, 0.5) is 13.2 Å². The van der Waals surface area contributed by atoms with E-state index in [1.54, 1.807) is 0 Å². The SMILES string of the molecule is O=C(NC1CCOC1)c1ccc(Br)c(C(F)(F)F)n1. The smallest absolute Gasteiger partial charge is 0.379 e. The van der Waals surface area contributed by atoms with Crippen LogP contribution in [-0.2, 0) is 10.9 Å². The van der Waals surface area contributed by atoms with Gasteiger partial charge in [0.2, 0.25) is 0 Å². The Morgan fingerprint density at radius 3 is 2.79 bits per heavy atom. The fourth-order valence-corrected chi connectivity index (χ4v) is 2.12. The third kappa shape index (κ3) is 3.44. The summed E-state index contributed by atoms with van der Waals surface area (Å²) in [5, 5.41) is 2.58. The Balaban J connectivity index is 2.18. The van der Waals surface area contributed by atoms with Crippen LogP contribution in [0.2, 0.25) is 0 Å². The maximum atomic E-state index is 12.7. The maximum absolute atomic E-state index is 12.7. The lowest BCUT2D eigenvalue weighted by molar-refractivity contribution is -0.141. The highest BCUT2D eigenvalue weighted by Crippen LogP contribution is 2.33. The summed E-state index contributed by atoms with van der Waals surface area (Å²) in [4.78, 5) is 15.1. The molecule has 1 atom stereocenters. The molecule has 1 aromatic rings. The Hall–Kier alpha value is -1.15. The minimum Gasteiger partial charge on any atom is -0.379 e. The highest BCUT2D eigenvalue weighted by Gasteiger charge is 2.35. The van der Waals surface area contributed by atoms with Gasteiger partial charge in [0.05, 0.1) is 12.6 Å². The normalized spacial score (nSPS) is 19.5. The van der Waals surface area contributed by atoms with E-state index < -0.39 is 17.8 Å². The molecular formula is C11H10BrF3N2O2. The molecule has 1 aliphatic rings. The van der Waals surface area contributed by atoms with Gasteiger partial charge in [-0.15, -0.1) is 0 Å². The van der Waals surface area contributed by atoms with Crippen molar-refractivity contribution in [3.05, 3.63) is 28.0 Å². The molecule has 1 unspecified atom stereocenters. The van der Waals surface area contributed by atoms with Crippen LogP contribution in [0, 0.1) is 0 Å². The molecule has 2 rings (SSSR count). The average molecular weight is 339 g/mol. The van der Waals surface area contributed by atoms with E-state index in [-0.39, 0.29) is 16.2 Å². The number of pyridine rings is 1. The molecular weight excluding hydrogens is 329 g/mol. The van der Waals surface area contributed by atoms with Crippen molar-refractivity contribution < 1.29 is 22.7 Å².